The Morgan fingerprint density at radius 3 is 1.88 bits per heavy atom. The lowest BCUT2D eigenvalue weighted by atomic mass is 9.48. The molecule has 0 aromatic carbocycles. The SMILES string of the molecule is CN(C)CC(O)C12CC3CC(CC(C3)C1)C2. The van der Waals surface area contributed by atoms with Gasteiger partial charge in [-0.25, -0.2) is 0 Å². The summed E-state index contributed by atoms with van der Waals surface area (Å²) >= 11 is 0. The Labute approximate surface area is 99.0 Å². The highest BCUT2D eigenvalue weighted by atomic mass is 16.3. The molecule has 0 aliphatic heterocycles. The lowest BCUT2D eigenvalue weighted by molar-refractivity contribution is -0.124. The fraction of sp³-hybridized carbons (Fsp3) is 1.00. The minimum Gasteiger partial charge on any atom is -0.391 e. The van der Waals surface area contributed by atoms with Gasteiger partial charge in [-0.3, -0.25) is 0 Å². The Morgan fingerprint density at radius 1 is 1.06 bits per heavy atom. The van der Waals surface area contributed by atoms with E-state index < -0.39 is 0 Å². The molecule has 4 rings (SSSR count). The highest BCUT2D eigenvalue weighted by molar-refractivity contribution is 5.04. The largest absolute Gasteiger partial charge is 0.391 e. The molecule has 2 heteroatoms. The minimum atomic E-state index is -0.0871. The average Bonchev–Trinajstić information content (AvgIpc) is 2.13. The summed E-state index contributed by atoms with van der Waals surface area (Å²) in [4.78, 5) is 2.14. The zero-order valence-corrected chi connectivity index (χ0v) is 10.7. The van der Waals surface area contributed by atoms with Crippen molar-refractivity contribution in [2.75, 3.05) is 20.6 Å². The van der Waals surface area contributed by atoms with Crippen LogP contribution in [-0.2, 0) is 0 Å². The van der Waals surface area contributed by atoms with Gasteiger partial charge in [-0.1, -0.05) is 0 Å². The van der Waals surface area contributed by atoms with Crippen LogP contribution in [-0.4, -0.2) is 36.8 Å². The standard InChI is InChI=1S/C14H25NO/c1-15(2)9-13(16)14-6-10-3-11(7-14)5-12(4-10)8-14/h10-13,16H,3-9H2,1-2H3. The first kappa shape index (κ1) is 11.0. The third-order valence-corrected chi connectivity index (χ3v) is 5.33. The second kappa shape index (κ2) is 3.71. The molecular weight excluding hydrogens is 198 g/mol. The van der Waals surface area contributed by atoms with E-state index in [9.17, 15) is 5.11 Å². The van der Waals surface area contributed by atoms with E-state index in [0.29, 0.717) is 5.41 Å². The zero-order valence-electron chi connectivity index (χ0n) is 10.7. The van der Waals surface area contributed by atoms with E-state index in [1.807, 2.05) is 0 Å². The van der Waals surface area contributed by atoms with Crippen molar-refractivity contribution in [3.05, 3.63) is 0 Å². The van der Waals surface area contributed by atoms with Crippen LogP contribution in [0.1, 0.15) is 38.5 Å². The lowest BCUT2D eigenvalue weighted by Crippen LogP contribution is -2.53. The van der Waals surface area contributed by atoms with Gasteiger partial charge in [0, 0.05) is 6.54 Å². The van der Waals surface area contributed by atoms with Crippen LogP contribution in [0.25, 0.3) is 0 Å². The predicted molar refractivity (Wildman–Crippen MR) is 65.2 cm³/mol. The van der Waals surface area contributed by atoms with Crippen LogP contribution in [0.5, 0.6) is 0 Å². The lowest BCUT2D eigenvalue weighted by Gasteiger charge is -2.58. The van der Waals surface area contributed by atoms with Gasteiger partial charge in [0.15, 0.2) is 0 Å². The summed E-state index contributed by atoms with van der Waals surface area (Å²) in [5.41, 5.74) is 0.305. The van der Waals surface area contributed by atoms with Crippen LogP contribution >= 0.6 is 0 Å². The van der Waals surface area contributed by atoms with E-state index in [0.717, 1.165) is 24.3 Å². The molecule has 4 aliphatic rings. The van der Waals surface area contributed by atoms with Crippen LogP contribution in [0.4, 0.5) is 0 Å². The molecule has 0 spiro atoms. The molecule has 2 nitrogen and oxygen atoms in total. The third kappa shape index (κ3) is 1.70. The van der Waals surface area contributed by atoms with Gasteiger partial charge < -0.3 is 10.0 Å². The first-order valence-electron chi connectivity index (χ1n) is 6.90. The number of nitrogens with zero attached hydrogens (tertiary/aromatic N) is 1. The molecule has 0 heterocycles. The summed E-state index contributed by atoms with van der Waals surface area (Å²) in [5, 5.41) is 10.5. The van der Waals surface area contributed by atoms with E-state index in [1.165, 1.54) is 38.5 Å². The topological polar surface area (TPSA) is 23.5 Å². The quantitative estimate of drug-likeness (QED) is 0.792. The number of likely N-dealkylation sites (N-methyl/N-ethyl adjacent to an activating group) is 1. The maximum Gasteiger partial charge on any atom is 0.0723 e. The van der Waals surface area contributed by atoms with E-state index in [1.54, 1.807) is 0 Å². The van der Waals surface area contributed by atoms with Gasteiger partial charge in [0.25, 0.3) is 0 Å². The molecule has 4 aliphatic carbocycles. The molecule has 0 radical (unpaired) electrons. The third-order valence-electron chi connectivity index (χ3n) is 5.33. The number of aliphatic hydroxyl groups excluding tert-OH is 1. The summed E-state index contributed by atoms with van der Waals surface area (Å²) < 4.78 is 0. The molecule has 92 valence electrons. The van der Waals surface area contributed by atoms with Crippen LogP contribution in [0, 0.1) is 23.2 Å². The molecule has 0 aromatic rings. The van der Waals surface area contributed by atoms with E-state index in [-0.39, 0.29) is 6.10 Å². The Kier molecular flexibility index (Phi) is 2.56. The number of aliphatic hydroxyl groups is 1. The van der Waals surface area contributed by atoms with Crippen LogP contribution in [0.15, 0.2) is 0 Å². The van der Waals surface area contributed by atoms with Gasteiger partial charge in [-0.05, 0) is 75.8 Å². The van der Waals surface area contributed by atoms with Crippen LogP contribution in [0.3, 0.4) is 0 Å². The Bertz CT molecular complexity index is 239. The Morgan fingerprint density at radius 2 is 1.50 bits per heavy atom. The number of hydrogen-bond donors (Lipinski definition) is 1. The molecule has 0 saturated heterocycles. The summed E-state index contributed by atoms with van der Waals surface area (Å²) in [6.45, 7) is 0.853. The van der Waals surface area contributed by atoms with E-state index >= 15 is 0 Å². The van der Waals surface area contributed by atoms with Gasteiger partial charge in [0.05, 0.1) is 6.10 Å². The summed E-state index contributed by atoms with van der Waals surface area (Å²) in [6, 6.07) is 0. The van der Waals surface area contributed by atoms with Crippen molar-refractivity contribution in [2.24, 2.45) is 23.2 Å². The minimum absolute atomic E-state index is 0.0871. The molecule has 1 unspecified atom stereocenters. The summed E-state index contributed by atoms with van der Waals surface area (Å²) in [7, 11) is 4.15. The molecule has 0 amide bonds. The Hall–Kier alpha value is -0.0800. The van der Waals surface area contributed by atoms with E-state index in [2.05, 4.69) is 19.0 Å². The highest BCUT2D eigenvalue weighted by Crippen LogP contribution is 2.61. The second-order valence-corrected chi connectivity index (χ2v) is 7.06. The van der Waals surface area contributed by atoms with E-state index in [4.69, 9.17) is 0 Å². The maximum absolute atomic E-state index is 10.5. The molecule has 4 fully saturated rings. The molecule has 1 N–H and O–H groups in total. The predicted octanol–water partition coefficient (Wildman–Crippen LogP) is 2.13. The zero-order chi connectivity index (χ0) is 11.3. The van der Waals surface area contributed by atoms with Crippen molar-refractivity contribution < 1.29 is 5.11 Å². The van der Waals surface area contributed by atoms with Crippen LogP contribution in [0.2, 0.25) is 0 Å². The highest BCUT2D eigenvalue weighted by Gasteiger charge is 2.53. The fourth-order valence-electron chi connectivity index (χ4n) is 5.13. The van der Waals surface area contributed by atoms with Crippen molar-refractivity contribution in [1.82, 2.24) is 4.90 Å². The van der Waals surface area contributed by atoms with Crippen LogP contribution < -0.4 is 0 Å². The van der Waals surface area contributed by atoms with Crippen molar-refractivity contribution in [3.8, 4) is 0 Å². The molecule has 16 heavy (non-hydrogen) atoms. The van der Waals surface area contributed by atoms with Gasteiger partial charge in [-0.2, -0.15) is 0 Å². The van der Waals surface area contributed by atoms with Gasteiger partial charge in [0.2, 0.25) is 0 Å². The number of rotatable bonds is 3. The van der Waals surface area contributed by atoms with Gasteiger partial charge in [-0.15, -0.1) is 0 Å². The molecule has 1 atom stereocenters. The molecule has 4 bridgehead atoms. The average molecular weight is 223 g/mol. The first-order valence-corrected chi connectivity index (χ1v) is 6.90. The molecule has 4 saturated carbocycles. The summed E-state index contributed by atoms with van der Waals surface area (Å²) in [6.07, 6.45) is 8.25. The van der Waals surface area contributed by atoms with Gasteiger partial charge in [0.1, 0.15) is 0 Å². The molecule has 0 aromatic heterocycles. The van der Waals surface area contributed by atoms with Gasteiger partial charge >= 0.3 is 0 Å². The molecular formula is C14H25NO. The van der Waals surface area contributed by atoms with Crippen molar-refractivity contribution >= 4 is 0 Å². The number of hydrogen-bond acceptors (Lipinski definition) is 2. The van der Waals surface area contributed by atoms with Crippen molar-refractivity contribution in [3.63, 3.8) is 0 Å². The van der Waals surface area contributed by atoms with Crippen molar-refractivity contribution in [2.45, 2.75) is 44.6 Å². The van der Waals surface area contributed by atoms with Crippen molar-refractivity contribution in [1.29, 1.82) is 0 Å². The normalized spacial score (nSPS) is 47.6. The first-order chi connectivity index (χ1) is 7.57. The fourth-order valence-corrected chi connectivity index (χ4v) is 5.13. The second-order valence-electron chi connectivity index (χ2n) is 7.06. The summed E-state index contributed by atoms with van der Waals surface area (Å²) in [5.74, 6) is 2.84. The smallest absolute Gasteiger partial charge is 0.0723 e. The Balaban J connectivity index is 1.77. The monoisotopic (exact) mass is 223 g/mol. The maximum atomic E-state index is 10.5.